The summed E-state index contributed by atoms with van der Waals surface area (Å²) < 4.78 is 0. The monoisotopic (exact) mass is 211 g/mol. The van der Waals surface area contributed by atoms with Crippen LogP contribution in [0.25, 0.3) is 0 Å². The highest BCUT2D eigenvalue weighted by Crippen LogP contribution is 2.32. The molecule has 0 radical (unpaired) electrons. The predicted molar refractivity (Wildman–Crippen MR) is 54.7 cm³/mol. The van der Waals surface area contributed by atoms with Gasteiger partial charge in [0.15, 0.2) is 0 Å². The number of fused-ring (bicyclic) bond motifs is 1. The van der Waals surface area contributed by atoms with Crippen molar-refractivity contribution in [1.29, 1.82) is 0 Å². The molecule has 0 spiro atoms. The molecule has 0 saturated carbocycles. The van der Waals surface area contributed by atoms with E-state index in [0.29, 0.717) is 5.02 Å². The molecule has 0 saturated heterocycles. The summed E-state index contributed by atoms with van der Waals surface area (Å²) in [5, 5.41) is 11.2. The van der Waals surface area contributed by atoms with E-state index in [0.717, 1.165) is 36.8 Å². The Morgan fingerprint density at radius 1 is 1.29 bits per heavy atom. The third kappa shape index (κ3) is 1.60. The van der Waals surface area contributed by atoms with Gasteiger partial charge in [-0.05, 0) is 37.3 Å². The van der Waals surface area contributed by atoms with Crippen LogP contribution in [0.4, 0.5) is 5.69 Å². The third-order valence-electron chi connectivity index (χ3n) is 2.60. The zero-order chi connectivity index (χ0) is 10.1. The number of rotatable bonds is 1. The first-order valence-electron chi connectivity index (χ1n) is 4.64. The molecule has 0 fully saturated rings. The fourth-order valence-electron chi connectivity index (χ4n) is 1.97. The maximum absolute atomic E-state index is 10.8. The van der Waals surface area contributed by atoms with E-state index in [2.05, 4.69) is 0 Å². The van der Waals surface area contributed by atoms with Crippen LogP contribution in [0.5, 0.6) is 0 Å². The second-order valence-electron chi connectivity index (χ2n) is 3.53. The van der Waals surface area contributed by atoms with Gasteiger partial charge in [-0.2, -0.15) is 0 Å². The Bertz CT molecular complexity index is 390. The van der Waals surface area contributed by atoms with Crippen LogP contribution in [0.2, 0.25) is 5.02 Å². The summed E-state index contributed by atoms with van der Waals surface area (Å²) >= 11 is 5.82. The number of hydrogen-bond acceptors (Lipinski definition) is 2. The van der Waals surface area contributed by atoms with Crippen molar-refractivity contribution in [3.63, 3.8) is 0 Å². The van der Waals surface area contributed by atoms with E-state index in [1.165, 1.54) is 6.07 Å². The molecular weight excluding hydrogens is 202 g/mol. The van der Waals surface area contributed by atoms with Gasteiger partial charge in [-0.25, -0.2) is 0 Å². The molecule has 1 aromatic rings. The Labute approximate surface area is 86.8 Å². The van der Waals surface area contributed by atoms with Gasteiger partial charge in [-0.15, -0.1) is 0 Å². The highest BCUT2D eigenvalue weighted by Gasteiger charge is 2.21. The van der Waals surface area contributed by atoms with Crippen LogP contribution in [0.1, 0.15) is 24.0 Å². The molecular formula is C10H10ClNO2. The van der Waals surface area contributed by atoms with E-state index >= 15 is 0 Å². The third-order valence-corrected chi connectivity index (χ3v) is 2.82. The second-order valence-corrected chi connectivity index (χ2v) is 3.96. The summed E-state index contributed by atoms with van der Waals surface area (Å²) in [4.78, 5) is 10.4. The van der Waals surface area contributed by atoms with E-state index in [-0.39, 0.29) is 10.6 Å². The average Bonchev–Trinajstić information content (AvgIpc) is 2.16. The van der Waals surface area contributed by atoms with Gasteiger partial charge in [0.1, 0.15) is 0 Å². The van der Waals surface area contributed by atoms with Gasteiger partial charge in [-0.3, -0.25) is 10.1 Å². The Balaban J connectivity index is 2.58. The van der Waals surface area contributed by atoms with E-state index in [9.17, 15) is 10.1 Å². The van der Waals surface area contributed by atoms with Gasteiger partial charge < -0.3 is 0 Å². The maximum atomic E-state index is 10.8. The summed E-state index contributed by atoms with van der Waals surface area (Å²) in [5.41, 5.74) is 2.12. The number of aryl methyl sites for hydroxylation is 1. The van der Waals surface area contributed by atoms with Crippen molar-refractivity contribution in [2.24, 2.45) is 0 Å². The minimum absolute atomic E-state index is 0.187. The highest BCUT2D eigenvalue weighted by molar-refractivity contribution is 6.30. The lowest BCUT2D eigenvalue weighted by atomic mass is 9.90. The Kier molecular flexibility index (Phi) is 2.42. The summed E-state index contributed by atoms with van der Waals surface area (Å²) in [5.74, 6) is 0. The predicted octanol–water partition coefficient (Wildman–Crippen LogP) is 3.13. The number of nitro benzene ring substituents is 1. The second kappa shape index (κ2) is 3.58. The Morgan fingerprint density at radius 2 is 2.00 bits per heavy atom. The van der Waals surface area contributed by atoms with Crippen LogP contribution in [0.3, 0.4) is 0 Å². The normalized spacial score (nSPS) is 14.9. The van der Waals surface area contributed by atoms with Gasteiger partial charge in [0.2, 0.25) is 0 Å². The first-order chi connectivity index (χ1) is 6.68. The number of hydrogen-bond donors (Lipinski definition) is 0. The molecule has 0 N–H and O–H groups in total. The highest BCUT2D eigenvalue weighted by atomic mass is 35.5. The van der Waals surface area contributed by atoms with Crippen LogP contribution < -0.4 is 0 Å². The fraction of sp³-hybridized carbons (Fsp3) is 0.400. The first kappa shape index (κ1) is 9.46. The van der Waals surface area contributed by atoms with Crippen LogP contribution in [0.15, 0.2) is 12.1 Å². The van der Waals surface area contributed by atoms with Gasteiger partial charge in [0.05, 0.1) is 4.92 Å². The quantitative estimate of drug-likeness (QED) is 0.529. The van der Waals surface area contributed by atoms with Crippen LogP contribution in [-0.2, 0) is 12.8 Å². The molecule has 1 aromatic carbocycles. The summed E-state index contributed by atoms with van der Waals surface area (Å²) in [7, 11) is 0. The van der Waals surface area contributed by atoms with E-state index in [1.807, 2.05) is 6.07 Å². The molecule has 2 rings (SSSR count). The molecule has 0 bridgehead atoms. The van der Waals surface area contributed by atoms with Crippen molar-refractivity contribution < 1.29 is 4.92 Å². The molecule has 0 aromatic heterocycles. The molecule has 0 aliphatic heterocycles. The molecule has 1 aliphatic carbocycles. The van der Waals surface area contributed by atoms with Crippen molar-refractivity contribution in [1.82, 2.24) is 0 Å². The lowest BCUT2D eigenvalue weighted by Gasteiger charge is -2.15. The number of halogens is 1. The maximum Gasteiger partial charge on any atom is 0.274 e. The van der Waals surface area contributed by atoms with Crippen molar-refractivity contribution in [3.05, 3.63) is 38.4 Å². The first-order valence-corrected chi connectivity index (χ1v) is 5.02. The van der Waals surface area contributed by atoms with Gasteiger partial charge in [-0.1, -0.05) is 11.6 Å². The molecule has 0 atom stereocenters. The van der Waals surface area contributed by atoms with Gasteiger partial charge in [0, 0.05) is 16.7 Å². The largest absolute Gasteiger partial charge is 0.274 e. The fourth-order valence-corrected chi connectivity index (χ4v) is 2.20. The molecule has 0 amide bonds. The molecule has 4 heteroatoms. The molecule has 1 aliphatic rings. The van der Waals surface area contributed by atoms with Crippen molar-refractivity contribution >= 4 is 17.3 Å². The smallest absolute Gasteiger partial charge is 0.258 e. The zero-order valence-corrected chi connectivity index (χ0v) is 8.38. The minimum Gasteiger partial charge on any atom is -0.258 e. The number of nitrogens with zero attached hydrogens (tertiary/aromatic N) is 1. The van der Waals surface area contributed by atoms with Crippen LogP contribution >= 0.6 is 11.6 Å². The summed E-state index contributed by atoms with van der Waals surface area (Å²) in [6, 6.07) is 3.30. The lowest BCUT2D eigenvalue weighted by molar-refractivity contribution is -0.385. The van der Waals surface area contributed by atoms with Gasteiger partial charge in [0.25, 0.3) is 5.69 Å². The lowest BCUT2D eigenvalue weighted by Crippen LogP contribution is -2.06. The summed E-state index contributed by atoms with van der Waals surface area (Å²) in [6.07, 6.45) is 3.86. The molecule has 74 valence electrons. The minimum atomic E-state index is -0.337. The van der Waals surface area contributed by atoms with Crippen molar-refractivity contribution in [3.8, 4) is 0 Å². The van der Waals surface area contributed by atoms with Crippen molar-refractivity contribution in [2.75, 3.05) is 0 Å². The number of nitro groups is 1. The standard InChI is InChI=1S/C10H10ClNO2/c11-8-5-7-3-1-2-4-9(7)10(6-8)12(13)14/h5-6H,1-4H2. The molecule has 0 unspecified atom stereocenters. The topological polar surface area (TPSA) is 43.1 Å². The van der Waals surface area contributed by atoms with Gasteiger partial charge >= 0.3 is 0 Å². The summed E-state index contributed by atoms with van der Waals surface area (Å²) in [6.45, 7) is 0. The van der Waals surface area contributed by atoms with E-state index in [1.54, 1.807) is 0 Å². The molecule has 0 heterocycles. The number of benzene rings is 1. The van der Waals surface area contributed by atoms with E-state index in [4.69, 9.17) is 11.6 Å². The molecule has 3 nitrogen and oxygen atoms in total. The van der Waals surface area contributed by atoms with Crippen LogP contribution in [-0.4, -0.2) is 4.92 Å². The average molecular weight is 212 g/mol. The Hall–Kier alpha value is -1.09. The van der Waals surface area contributed by atoms with Crippen molar-refractivity contribution in [2.45, 2.75) is 25.7 Å². The molecule has 14 heavy (non-hydrogen) atoms. The Morgan fingerprint density at radius 3 is 2.71 bits per heavy atom. The zero-order valence-electron chi connectivity index (χ0n) is 7.62. The van der Waals surface area contributed by atoms with E-state index < -0.39 is 0 Å². The SMILES string of the molecule is O=[N+]([O-])c1cc(Cl)cc2c1CCCC2. The van der Waals surface area contributed by atoms with Crippen LogP contribution in [0, 0.1) is 10.1 Å².